The first-order valence-corrected chi connectivity index (χ1v) is 12.3. The van der Waals surface area contributed by atoms with Crippen LogP contribution in [0.4, 0.5) is 15.8 Å². The van der Waals surface area contributed by atoms with E-state index in [1.165, 1.54) is 17.0 Å². The highest BCUT2D eigenvalue weighted by atomic mass is 35.5. The van der Waals surface area contributed by atoms with Crippen LogP contribution in [0, 0.1) is 5.82 Å². The number of piperazine rings is 1. The summed E-state index contributed by atoms with van der Waals surface area (Å²) >= 11 is 13.3. The van der Waals surface area contributed by atoms with Crippen molar-refractivity contribution in [2.45, 2.75) is 19.0 Å². The van der Waals surface area contributed by atoms with Crippen LogP contribution < -0.4 is 15.5 Å². The Morgan fingerprint density at radius 1 is 1.03 bits per heavy atom. The average Bonchev–Trinajstić information content (AvgIpc) is 3.31. The molecular weight excluding hydrogens is 463 g/mol. The molecule has 1 aliphatic rings. The first-order chi connectivity index (χ1) is 15.5. The lowest BCUT2D eigenvalue weighted by molar-refractivity contribution is 0.163. The topological polar surface area (TPSA) is 30.5 Å². The quantitative estimate of drug-likeness (QED) is 0.429. The summed E-state index contributed by atoms with van der Waals surface area (Å²) in [5.74, 6) is -0.201. The first kappa shape index (κ1) is 23.0. The van der Waals surface area contributed by atoms with Gasteiger partial charge in [0.15, 0.2) is 5.11 Å². The lowest BCUT2D eigenvalue weighted by atomic mass is 10.0. The van der Waals surface area contributed by atoms with E-state index in [1.807, 2.05) is 36.4 Å². The third-order valence-corrected chi connectivity index (χ3v) is 7.08. The fraction of sp³-hybridized carbons (Fsp3) is 0.292. The number of hydrogen-bond donors (Lipinski definition) is 2. The maximum Gasteiger partial charge on any atom is 0.171 e. The Morgan fingerprint density at radius 2 is 1.72 bits per heavy atom. The van der Waals surface area contributed by atoms with Crippen LogP contribution in [0.5, 0.6) is 0 Å². The molecule has 8 heteroatoms. The van der Waals surface area contributed by atoms with Gasteiger partial charge in [-0.05, 0) is 79.1 Å². The molecule has 4 rings (SSSR count). The summed E-state index contributed by atoms with van der Waals surface area (Å²) in [5.41, 5.74) is 1.97. The smallest absolute Gasteiger partial charge is 0.171 e. The fourth-order valence-electron chi connectivity index (χ4n) is 4.10. The molecule has 2 N–H and O–H groups in total. The molecule has 168 valence electrons. The second-order valence-corrected chi connectivity index (χ2v) is 9.68. The summed E-state index contributed by atoms with van der Waals surface area (Å²) in [6.07, 6.45) is 0. The number of halogens is 2. The summed E-state index contributed by atoms with van der Waals surface area (Å²) in [6, 6.07) is 18.9. The normalized spacial score (nSPS) is 16.4. The number of benzene rings is 2. The van der Waals surface area contributed by atoms with Gasteiger partial charge in [-0.15, -0.1) is 11.3 Å². The van der Waals surface area contributed by atoms with Crippen molar-refractivity contribution in [3.8, 4) is 0 Å². The zero-order valence-corrected chi connectivity index (χ0v) is 20.2. The lowest BCUT2D eigenvalue weighted by Crippen LogP contribution is -2.52. The van der Waals surface area contributed by atoms with Gasteiger partial charge in [-0.3, -0.25) is 4.90 Å². The Hall–Kier alpha value is -2.19. The molecule has 1 aliphatic heterocycles. The van der Waals surface area contributed by atoms with Crippen LogP contribution in [-0.4, -0.2) is 42.2 Å². The molecule has 0 unspecified atom stereocenters. The Labute approximate surface area is 203 Å². The molecule has 32 heavy (non-hydrogen) atoms. The van der Waals surface area contributed by atoms with Gasteiger partial charge in [-0.1, -0.05) is 17.7 Å². The molecule has 1 saturated heterocycles. The van der Waals surface area contributed by atoms with E-state index < -0.39 is 0 Å². The Kier molecular flexibility index (Phi) is 7.63. The van der Waals surface area contributed by atoms with E-state index >= 15 is 0 Å². The van der Waals surface area contributed by atoms with Gasteiger partial charge in [-0.25, -0.2) is 4.39 Å². The number of thiophene rings is 1. The van der Waals surface area contributed by atoms with Gasteiger partial charge in [0.1, 0.15) is 5.82 Å². The standard InChI is InChI=1S/C24H26ClFN4S2/c1-17(27-24(31)28-20-8-4-18(25)5-9-20)23(22-3-2-16-32-22)30-14-12-29(13-15-30)21-10-6-19(26)7-11-21/h2-11,16-17,23H,12-15H2,1H3,(H2,27,28,31)/t17-,23+/m1/s1. The molecule has 0 aliphatic carbocycles. The molecule has 1 aromatic heterocycles. The number of anilines is 2. The molecule has 4 nitrogen and oxygen atoms in total. The number of nitrogens with zero attached hydrogens (tertiary/aromatic N) is 2. The average molecular weight is 489 g/mol. The molecule has 0 saturated carbocycles. The zero-order chi connectivity index (χ0) is 22.5. The highest BCUT2D eigenvalue weighted by molar-refractivity contribution is 7.80. The van der Waals surface area contributed by atoms with E-state index in [-0.39, 0.29) is 17.9 Å². The van der Waals surface area contributed by atoms with Crippen LogP contribution in [0.25, 0.3) is 0 Å². The van der Waals surface area contributed by atoms with Gasteiger partial charge in [0.05, 0.1) is 6.04 Å². The van der Waals surface area contributed by atoms with Crippen molar-refractivity contribution < 1.29 is 4.39 Å². The summed E-state index contributed by atoms with van der Waals surface area (Å²) in [4.78, 5) is 6.13. The molecule has 0 bridgehead atoms. The van der Waals surface area contributed by atoms with E-state index in [4.69, 9.17) is 23.8 Å². The van der Waals surface area contributed by atoms with Crippen molar-refractivity contribution in [2.75, 3.05) is 36.4 Å². The molecule has 2 aromatic carbocycles. The second-order valence-electron chi connectivity index (χ2n) is 7.85. The molecule has 0 amide bonds. The third kappa shape index (κ3) is 5.78. The highest BCUT2D eigenvalue weighted by Crippen LogP contribution is 2.30. The molecule has 2 atom stereocenters. The van der Waals surface area contributed by atoms with Crippen molar-refractivity contribution in [2.24, 2.45) is 0 Å². The minimum Gasteiger partial charge on any atom is -0.369 e. The number of rotatable bonds is 6. The Morgan fingerprint density at radius 3 is 2.34 bits per heavy atom. The monoisotopic (exact) mass is 488 g/mol. The van der Waals surface area contributed by atoms with Crippen molar-refractivity contribution >= 4 is 51.6 Å². The van der Waals surface area contributed by atoms with Crippen LogP contribution in [0.15, 0.2) is 66.0 Å². The summed E-state index contributed by atoms with van der Waals surface area (Å²) in [6.45, 7) is 5.81. The van der Waals surface area contributed by atoms with Gasteiger partial charge in [0, 0.05) is 53.5 Å². The van der Waals surface area contributed by atoms with Gasteiger partial charge in [-0.2, -0.15) is 0 Å². The second kappa shape index (κ2) is 10.6. The van der Waals surface area contributed by atoms with Crippen LogP contribution in [-0.2, 0) is 0 Å². The van der Waals surface area contributed by atoms with Crippen molar-refractivity contribution in [3.05, 3.63) is 81.8 Å². The lowest BCUT2D eigenvalue weighted by Gasteiger charge is -2.42. The minimum absolute atomic E-state index is 0.110. The van der Waals surface area contributed by atoms with Crippen LogP contribution >= 0.6 is 35.2 Å². The van der Waals surface area contributed by atoms with Gasteiger partial charge in [0.2, 0.25) is 0 Å². The Balaban J connectivity index is 1.40. The van der Waals surface area contributed by atoms with Crippen LogP contribution in [0.1, 0.15) is 17.8 Å². The first-order valence-electron chi connectivity index (χ1n) is 10.6. The third-order valence-electron chi connectivity index (χ3n) is 5.67. The maximum absolute atomic E-state index is 13.3. The number of hydrogen-bond acceptors (Lipinski definition) is 4. The predicted molar refractivity (Wildman–Crippen MR) is 138 cm³/mol. The minimum atomic E-state index is -0.201. The highest BCUT2D eigenvalue weighted by Gasteiger charge is 2.30. The largest absolute Gasteiger partial charge is 0.369 e. The summed E-state index contributed by atoms with van der Waals surface area (Å²) in [5, 5.41) is 10.1. The molecule has 0 spiro atoms. The van der Waals surface area contributed by atoms with Crippen molar-refractivity contribution in [1.82, 2.24) is 10.2 Å². The summed E-state index contributed by atoms with van der Waals surface area (Å²) < 4.78 is 13.3. The van der Waals surface area contributed by atoms with Gasteiger partial charge < -0.3 is 15.5 Å². The van der Waals surface area contributed by atoms with E-state index in [1.54, 1.807) is 11.3 Å². The summed E-state index contributed by atoms with van der Waals surface area (Å²) in [7, 11) is 0. The Bertz CT molecular complexity index is 1000. The SMILES string of the molecule is C[C@@H](NC(=S)Nc1ccc(Cl)cc1)[C@@H](c1cccs1)N1CCN(c2ccc(F)cc2)CC1. The van der Waals surface area contributed by atoms with E-state index in [2.05, 4.69) is 44.9 Å². The van der Waals surface area contributed by atoms with Crippen LogP contribution in [0.3, 0.4) is 0 Å². The number of thiocarbonyl (C=S) groups is 1. The molecule has 0 radical (unpaired) electrons. The molecule has 1 fully saturated rings. The van der Waals surface area contributed by atoms with E-state index in [0.717, 1.165) is 37.6 Å². The molecule has 2 heterocycles. The maximum atomic E-state index is 13.3. The van der Waals surface area contributed by atoms with E-state index in [0.29, 0.717) is 10.1 Å². The fourth-order valence-corrected chi connectivity index (χ4v) is 5.49. The van der Waals surface area contributed by atoms with Gasteiger partial charge in [0.25, 0.3) is 0 Å². The number of nitrogens with one attached hydrogen (secondary N) is 2. The van der Waals surface area contributed by atoms with Crippen LogP contribution in [0.2, 0.25) is 5.02 Å². The predicted octanol–water partition coefficient (Wildman–Crippen LogP) is 5.78. The van der Waals surface area contributed by atoms with Crippen molar-refractivity contribution in [1.29, 1.82) is 0 Å². The zero-order valence-electron chi connectivity index (χ0n) is 17.8. The van der Waals surface area contributed by atoms with Gasteiger partial charge >= 0.3 is 0 Å². The van der Waals surface area contributed by atoms with E-state index in [9.17, 15) is 4.39 Å². The molecule has 3 aromatic rings. The molecular formula is C24H26ClFN4S2. The van der Waals surface area contributed by atoms with Crippen molar-refractivity contribution in [3.63, 3.8) is 0 Å².